The number of carbonyl (C=O) groups is 1. The molecule has 0 heterocycles. The number of aryl methyl sites for hydroxylation is 1. The third-order valence-corrected chi connectivity index (χ3v) is 2.12. The summed E-state index contributed by atoms with van der Waals surface area (Å²) < 4.78 is 26.1. The summed E-state index contributed by atoms with van der Waals surface area (Å²) in [5.74, 6) is -1.75. The van der Waals surface area contributed by atoms with Gasteiger partial charge in [0, 0.05) is 12.5 Å². The highest BCUT2D eigenvalue weighted by Crippen LogP contribution is 2.16. The predicted octanol–water partition coefficient (Wildman–Crippen LogP) is 3.42. The van der Waals surface area contributed by atoms with Crippen LogP contribution in [0.4, 0.5) is 8.78 Å². The Morgan fingerprint density at radius 1 is 1.40 bits per heavy atom. The van der Waals surface area contributed by atoms with Gasteiger partial charge in [0.1, 0.15) is 11.6 Å². The smallest absolute Gasteiger partial charge is 0.166 e. The third kappa shape index (κ3) is 2.72. The molecule has 80 valence electrons. The zero-order chi connectivity index (χ0) is 11.4. The summed E-state index contributed by atoms with van der Waals surface area (Å²) in [6.45, 7) is 4.97. The van der Waals surface area contributed by atoms with Crippen LogP contribution in [0.5, 0.6) is 0 Å². The fourth-order valence-electron chi connectivity index (χ4n) is 1.24. The van der Waals surface area contributed by atoms with Crippen molar-refractivity contribution in [1.82, 2.24) is 0 Å². The number of carbonyl (C=O) groups excluding carboxylic acids is 1. The van der Waals surface area contributed by atoms with E-state index >= 15 is 0 Å². The van der Waals surface area contributed by atoms with Gasteiger partial charge in [-0.15, -0.1) is 6.58 Å². The molecule has 1 nitrogen and oxygen atoms in total. The molecule has 0 amide bonds. The largest absolute Gasteiger partial charge is 0.294 e. The van der Waals surface area contributed by atoms with Gasteiger partial charge in [-0.25, -0.2) is 8.78 Å². The molecule has 15 heavy (non-hydrogen) atoms. The first-order valence-electron chi connectivity index (χ1n) is 4.66. The Morgan fingerprint density at radius 2 is 2.07 bits per heavy atom. The first kappa shape index (κ1) is 11.6. The van der Waals surface area contributed by atoms with Gasteiger partial charge in [-0.3, -0.25) is 4.79 Å². The Balaban J connectivity index is 2.98. The topological polar surface area (TPSA) is 17.1 Å². The molecule has 1 aromatic carbocycles. The third-order valence-electron chi connectivity index (χ3n) is 2.12. The van der Waals surface area contributed by atoms with Crippen LogP contribution >= 0.6 is 0 Å². The van der Waals surface area contributed by atoms with Crippen molar-refractivity contribution >= 4 is 5.78 Å². The van der Waals surface area contributed by atoms with Crippen LogP contribution in [0.15, 0.2) is 24.8 Å². The zero-order valence-electron chi connectivity index (χ0n) is 8.52. The molecule has 0 saturated carbocycles. The summed E-state index contributed by atoms with van der Waals surface area (Å²) in [5, 5.41) is 0. The van der Waals surface area contributed by atoms with E-state index in [1.54, 1.807) is 6.08 Å². The molecular weight excluding hydrogens is 198 g/mol. The van der Waals surface area contributed by atoms with Gasteiger partial charge in [0.05, 0.1) is 5.56 Å². The highest BCUT2D eigenvalue weighted by molar-refractivity contribution is 5.96. The summed E-state index contributed by atoms with van der Waals surface area (Å²) in [4.78, 5) is 11.5. The summed E-state index contributed by atoms with van der Waals surface area (Å²) in [6.07, 6.45) is 2.28. The van der Waals surface area contributed by atoms with Crippen molar-refractivity contribution in [2.75, 3.05) is 0 Å². The second-order valence-electron chi connectivity index (χ2n) is 3.33. The molecule has 3 heteroatoms. The second-order valence-corrected chi connectivity index (χ2v) is 3.33. The Bertz CT molecular complexity index is 397. The number of halogens is 2. The highest BCUT2D eigenvalue weighted by atomic mass is 19.1. The normalized spacial score (nSPS) is 10.1. The van der Waals surface area contributed by atoms with E-state index in [2.05, 4.69) is 6.58 Å². The second kappa shape index (κ2) is 4.82. The van der Waals surface area contributed by atoms with Crippen LogP contribution in [-0.2, 0) is 0 Å². The maximum absolute atomic E-state index is 13.2. The number of hydrogen-bond donors (Lipinski definition) is 0. The Kier molecular flexibility index (Phi) is 3.72. The summed E-state index contributed by atoms with van der Waals surface area (Å²) in [7, 11) is 0. The number of ketones is 1. The molecule has 0 aliphatic rings. The molecule has 0 unspecified atom stereocenters. The molecule has 0 atom stereocenters. The summed E-state index contributed by atoms with van der Waals surface area (Å²) in [5.41, 5.74) is 0.231. The minimum atomic E-state index is -0.799. The van der Waals surface area contributed by atoms with Gasteiger partial charge in [-0.1, -0.05) is 6.08 Å². The van der Waals surface area contributed by atoms with Crippen LogP contribution in [0.1, 0.15) is 28.8 Å². The minimum Gasteiger partial charge on any atom is -0.294 e. The lowest BCUT2D eigenvalue weighted by Gasteiger charge is -2.03. The number of benzene rings is 1. The Labute approximate surface area is 87.4 Å². The van der Waals surface area contributed by atoms with E-state index in [1.807, 2.05) is 0 Å². The Morgan fingerprint density at radius 3 is 2.67 bits per heavy atom. The monoisotopic (exact) mass is 210 g/mol. The van der Waals surface area contributed by atoms with Crippen LogP contribution in [0, 0.1) is 18.6 Å². The zero-order valence-corrected chi connectivity index (χ0v) is 8.52. The van der Waals surface area contributed by atoms with E-state index in [0.717, 1.165) is 6.07 Å². The average molecular weight is 210 g/mol. The molecule has 0 radical (unpaired) electrons. The number of rotatable bonds is 4. The van der Waals surface area contributed by atoms with Crippen molar-refractivity contribution in [1.29, 1.82) is 0 Å². The van der Waals surface area contributed by atoms with Crippen molar-refractivity contribution in [3.8, 4) is 0 Å². The average Bonchev–Trinajstić information content (AvgIpc) is 2.20. The van der Waals surface area contributed by atoms with E-state index in [0.29, 0.717) is 6.42 Å². The van der Waals surface area contributed by atoms with Crippen molar-refractivity contribution in [2.45, 2.75) is 19.8 Å². The van der Waals surface area contributed by atoms with Crippen molar-refractivity contribution in [2.24, 2.45) is 0 Å². The van der Waals surface area contributed by atoms with E-state index in [-0.39, 0.29) is 23.3 Å². The first-order valence-corrected chi connectivity index (χ1v) is 4.66. The first-order chi connectivity index (χ1) is 7.06. The fourth-order valence-corrected chi connectivity index (χ4v) is 1.24. The van der Waals surface area contributed by atoms with E-state index in [4.69, 9.17) is 0 Å². The lowest BCUT2D eigenvalue weighted by Crippen LogP contribution is -2.03. The molecule has 0 N–H and O–H groups in total. The predicted molar refractivity (Wildman–Crippen MR) is 54.9 cm³/mol. The van der Waals surface area contributed by atoms with Gasteiger partial charge >= 0.3 is 0 Å². The maximum atomic E-state index is 13.2. The standard InChI is InChI=1S/C12H12F2O/c1-3-4-5-12(15)9-6-8(2)10(13)7-11(9)14/h3,6-7H,1,4-5H2,2H3. The molecule has 1 aromatic rings. The van der Waals surface area contributed by atoms with Crippen LogP contribution in [0.3, 0.4) is 0 Å². The van der Waals surface area contributed by atoms with Crippen LogP contribution < -0.4 is 0 Å². The van der Waals surface area contributed by atoms with Crippen molar-refractivity contribution < 1.29 is 13.6 Å². The molecule has 0 saturated heterocycles. The molecule has 1 rings (SSSR count). The van der Waals surface area contributed by atoms with E-state index in [1.165, 1.54) is 13.0 Å². The highest BCUT2D eigenvalue weighted by Gasteiger charge is 2.13. The van der Waals surface area contributed by atoms with Crippen molar-refractivity contribution in [3.05, 3.63) is 47.5 Å². The van der Waals surface area contributed by atoms with Crippen LogP contribution in [-0.4, -0.2) is 5.78 Å². The fraction of sp³-hybridized carbons (Fsp3) is 0.250. The van der Waals surface area contributed by atoms with E-state index < -0.39 is 11.6 Å². The SMILES string of the molecule is C=CCCC(=O)c1cc(C)c(F)cc1F. The van der Waals surface area contributed by atoms with Gasteiger partial charge in [0.15, 0.2) is 5.78 Å². The molecule has 0 aliphatic heterocycles. The quantitative estimate of drug-likeness (QED) is 0.549. The number of Topliss-reactive ketones (excluding diaryl/α,β-unsaturated/α-hetero) is 1. The molecule has 0 aromatic heterocycles. The van der Waals surface area contributed by atoms with Crippen molar-refractivity contribution in [3.63, 3.8) is 0 Å². The van der Waals surface area contributed by atoms with Gasteiger partial charge in [-0.2, -0.15) is 0 Å². The molecular formula is C12H12F2O. The molecule has 0 aliphatic carbocycles. The summed E-state index contributed by atoms with van der Waals surface area (Å²) in [6, 6.07) is 1.99. The van der Waals surface area contributed by atoms with Gasteiger partial charge in [-0.05, 0) is 25.0 Å². The molecule has 0 spiro atoms. The lowest BCUT2D eigenvalue weighted by atomic mass is 10.0. The lowest BCUT2D eigenvalue weighted by molar-refractivity contribution is 0.0979. The van der Waals surface area contributed by atoms with Crippen LogP contribution in [0.25, 0.3) is 0 Å². The van der Waals surface area contributed by atoms with Crippen LogP contribution in [0.2, 0.25) is 0 Å². The molecule has 0 fully saturated rings. The van der Waals surface area contributed by atoms with Gasteiger partial charge < -0.3 is 0 Å². The number of hydrogen-bond acceptors (Lipinski definition) is 1. The maximum Gasteiger partial charge on any atom is 0.166 e. The summed E-state index contributed by atoms with van der Waals surface area (Å²) >= 11 is 0. The van der Waals surface area contributed by atoms with Gasteiger partial charge in [0.2, 0.25) is 0 Å². The van der Waals surface area contributed by atoms with E-state index in [9.17, 15) is 13.6 Å². The molecule has 0 bridgehead atoms. The number of allylic oxidation sites excluding steroid dienone is 1. The minimum absolute atomic E-state index is 0.0456. The van der Waals surface area contributed by atoms with Gasteiger partial charge in [0.25, 0.3) is 0 Å². The Hall–Kier alpha value is -1.51.